The second-order valence-corrected chi connectivity index (χ2v) is 32.6. The smallest absolute Gasteiger partial charge is 0.408 e. The van der Waals surface area contributed by atoms with E-state index in [0.717, 1.165) is 16.7 Å². The fourth-order valence-electron chi connectivity index (χ4n) is 11.8. The lowest BCUT2D eigenvalue weighted by atomic mass is 9.77. The molecule has 111 heavy (non-hydrogen) atoms. The van der Waals surface area contributed by atoms with Crippen LogP contribution < -0.4 is 47.9 Å². The summed E-state index contributed by atoms with van der Waals surface area (Å²) in [5.74, 6) is -11.9. The molecular weight excluding hydrogens is 1430 g/mol. The first kappa shape index (κ1) is 91.0. The van der Waals surface area contributed by atoms with Crippen molar-refractivity contribution in [1.29, 1.82) is 0 Å². The van der Waals surface area contributed by atoms with E-state index in [9.17, 15) is 67.7 Å². The van der Waals surface area contributed by atoms with Gasteiger partial charge in [-0.05, 0) is 160 Å². The Balaban J connectivity index is 1.44. The van der Waals surface area contributed by atoms with E-state index in [2.05, 4.69) is 47.9 Å². The Hall–Kier alpha value is -10.6. The van der Waals surface area contributed by atoms with E-state index < -0.39 is 197 Å². The van der Waals surface area contributed by atoms with Crippen molar-refractivity contribution in [2.75, 3.05) is 13.2 Å². The highest BCUT2D eigenvalue weighted by atomic mass is 16.6. The molecule has 0 aliphatic rings. The topological polar surface area (TPSA) is 418 Å². The number of amides is 9. The number of nitrogens with zero attached hydrogens (tertiary/aromatic N) is 2. The molecule has 606 valence electrons. The maximum atomic E-state index is 15.0. The maximum absolute atomic E-state index is 15.0. The van der Waals surface area contributed by atoms with Crippen molar-refractivity contribution in [1.82, 2.24) is 57.4 Å². The van der Waals surface area contributed by atoms with Crippen molar-refractivity contribution in [2.24, 2.45) is 0 Å². The number of hydrogen-bond donors (Lipinski definition) is 11. The summed E-state index contributed by atoms with van der Waals surface area (Å²) in [6.45, 7) is 29.1. The van der Waals surface area contributed by atoms with Crippen molar-refractivity contribution >= 4 is 71.3 Å². The number of imidazole rings is 1. The summed E-state index contributed by atoms with van der Waals surface area (Å²) in [6, 6.07) is 26.2. The van der Waals surface area contributed by atoms with Gasteiger partial charge in [-0.1, -0.05) is 121 Å². The summed E-state index contributed by atoms with van der Waals surface area (Å²) >= 11 is 0. The third kappa shape index (κ3) is 30.0. The van der Waals surface area contributed by atoms with Crippen LogP contribution in [0.15, 0.2) is 134 Å². The number of esters is 1. The molecule has 4 aromatic carbocycles. The van der Waals surface area contributed by atoms with Gasteiger partial charge < -0.3 is 86.3 Å². The first-order valence-electron chi connectivity index (χ1n) is 36.8. The summed E-state index contributed by atoms with van der Waals surface area (Å²) in [5, 5.41) is 42.2. The number of ether oxygens (including phenoxy) is 5. The quantitative estimate of drug-likeness (QED) is 0.0155. The van der Waals surface area contributed by atoms with Gasteiger partial charge in [0.15, 0.2) is 0 Å². The van der Waals surface area contributed by atoms with E-state index >= 15 is 0 Å². The van der Waals surface area contributed by atoms with E-state index in [-0.39, 0.29) is 12.8 Å². The average Bonchev–Trinajstić information content (AvgIpc) is 1.73. The van der Waals surface area contributed by atoms with E-state index in [1.54, 1.807) is 147 Å². The van der Waals surface area contributed by atoms with Crippen molar-refractivity contribution < 1.29 is 91.4 Å². The normalized spacial score (nSPS) is 14.6. The monoisotopic (exact) mass is 1540 g/mol. The molecule has 0 aliphatic carbocycles. The number of aromatic nitrogens is 2. The lowest BCUT2D eigenvalue weighted by Gasteiger charge is -2.37. The summed E-state index contributed by atoms with van der Waals surface area (Å²) in [4.78, 5) is 172. The second-order valence-electron chi connectivity index (χ2n) is 32.6. The number of carbonyl (C=O) groups excluding carboxylic acids is 10. The summed E-state index contributed by atoms with van der Waals surface area (Å²) < 4.78 is 31.3. The van der Waals surface area contributed by atoms with Crippen LogP contribution in [0.4, 0.5) is 4.79 Å². The number of nitrogens with one attached hydrogen (secondary N) is 9. The van der Waals surface area contributed by atoms with Crippen LogP contribution in [0.3, 0.4) is 0 Å². The largest absolute Gasteiger partial charge is 0.481 e. The highest BCUT2D eigenvalue weighted by Crippen LogP contribution is 2.41. The van der Waals surface area contributed by atoms with Crippen LogP contribution in [0.2, 0.25) is 0 Å². The molecule has 0 radical (unpaired) electrons. The van der Waals surface area contributed by atoms with Gasteiger partial charge in [0.2, 0.25) is 47.3 Å². The predicted octanol–water partition coefficient (Wildman–Crippen LogP) is 6.23. The maximum Gasteiger partial charge on any atom is 0.408 e. The van der Waals surface area contributed by atoms with Gasteiger partial charge in [0, 0.05) is 25.5 Å². The number of rotatable bonds is 37. The Bertz CT molecular complexity index is 3890. The minimum atomic E-state index is -1.92. The van der Waals surface area contributed by atoms with E-state index in [1.807, 2.05) is 95.6 Å². The molecule has 0 bridgehead atoms. The number of aliphatic carboxylic acids is 2. The Morgan fingerprint density at radius 3 is 1.37 bits per heavy atom. The summed E-state index contributed by atoms with van der Waals surface area (Å²) in [7, 11) is 0. The van der Waals surface area contributed by atoms with Gasteiger partial charge in [0.05, 0.1) is 60.6 Å². The molecule has 5 aromatic rings. The molecule has 5 rings (SSSR count). The molecule has 0 fully saturated rings. The van der Waals surface area contributed by atoms with Crippen molar-refractivity contribution in [3.05, 3.63) is 162 Å². The number of benzene rings is 4. The standard InChI is InChI=1S/C81H113N11O19/c1-49(108-76(6,7)8)64(70(101)84-57(42-51-32-24-20-25-33-51)67(98)90-65(50(2)109-77(9,10)11)71(102)86-60(47-107-75(3,4)5)68(99)85-59(72(103)104)44-62(94)95)89-61(93)45-82-66(97)56(40-41-63(96)110-78(12,13)14)87-73(105)80(18,19)91-69(100)58(88-74(106)111-79(15,16)17)43-55-46-92(48-83-55)81(52-34-26-21-27-35-52,53-36-28-22-29-37-53)54-38-30-23-31-39-54/h20-39,46,48-50,56-60,64-65H,40-45,47H2,1-19H3,(H,82,97)(H,84,101)(H,85,99)(H,86,102)(H,87,105)(H,88,106)(H,89,93)(H,90,98)(H,91,100)(H,94,95)(H,103,104)/t49-,50-,56+,57+,58+,59+,60+,64+,65+/m1/s1. The number of carbonyl (C=O) groups is 12. The Morgan fingerprint density at radius 1 is 0.459 bits per heavy atom. The molecule has 30 nitrogen and oxygen atoms in total. The minimum absolute atomic E-state index is 0.227. The summed E-state index contributed by atoms with van der Waals surface area (Å²) in [6.07, 6.45) is -2.24. The number of carboxylic acid groups (broad SMARTS) is 2. The molecule has 1 aromatic heterocycles. The first-order chi connectivity index (χ1) is 51.4. The molecule has 0 saturated heterocycles. The molecule has 0 unspecified atom stereocenters. The molecule has 0 spiro atoms. The average molecular weight is 1540 g/mol. The second kappa shape index (κ2) is 39.4. The van der Waals surface area contributed by atoms with Crippen LogP contribution in [0.1, 0.15) is 179 Å². The van der Waals surface area contributed by atoms with Gasteiger partial charge in [0.1, 0.15) is 64.6 Å². The molecule has 11 N–H and O–H groups in total. The van der Waals surface area contributed by atoms with Crippen molar-refractivity contribution in [2.45, 2.75) is 257 Å². The molecule has 1 heterocycles. The molecule has 0 saturated carbocycles. The predicted molar refractivity (Wildman–Crippen MR) is 412 cm³/mol. The lowest BCUT2D eigenvalue weighted by molar-refractivity contribution is -0.155. The highest BCUT2D eigenvalue weighted by molar-refractivity contribution is 5.99. The Kier molecular flexibility index (Phi) is 32.3. The molecule has 30 heteroatoms. The van der Waals surface area contributed by atoms with E-state index in [0.29, 0.717) is 11.3 Å². The zero-order valence-corrected chi connectivity index (χ0v) is 67.1. The molecule has 9 atom stereocenters. The number of alkyl carbamates (subject to hydrolysis) is 1. The van der Waals surface area contributed by atoms with E-state index in [1.165, 1.54) is 27.7 Å². The zero-order chi connectivity index (χ0) is 83.2. The third-order valence-electron chi connectivity index (χ3n) is 16.5. The molecular formula is C81H113N11O19. The number of hydrogen-bond acceptors (Lipinski definition) is 18. The van der Waals surface area contributed by atoms with Crippen LogP contribution in [0.25, 0.3) is 0 Å². The summed E-state index contributed by atoms with van der Waals surface area (Å²) in [5.41, 5.74) is -4.18. The fraction of sp³-hybridized carbons (Fsp3) is 0.519. The Labute approximate surface area is 649 Å². The molecule has 9 amide bonds. The third-order valence-corrected chi connectivity index (χ3v) is 16.5. The fourth-order valence-corrected chi connectivity index (χ4v) is 11.8. The lowest BCUT2D eigenvalue weighted by Crippen LogP contribution is -2.63. The first-order valence-corrected chi connectivity index (χ1v) is 36.8. The van der Waals surface area contributed by atoms with Crippen LogP contribution in [0, 0.1) is 0 Å². The van der Waals surface area contributed by atoms with Crippen LogP contribution in [0.5, 0.6) is 0 Å². The van der Waals surface area contributed by atoms with Gasteiger partial charge in [-0.15, -0.1) is 0 Å². The van der Waals surface area contributed by atoms with E-state index in [4.69, 9.17) is 28.7 Å². The van der Waals surface area contributed by atoms with Crippen molar-refractivity contribution in [3.8, 4) is 0 Å². The van der Waals surface area contributed by atoms with Gasteiger partial charge >= 0.3 is 24.0 Å². The molecule has 0 aliphatic heterocycles. The van der Waals surface area contributed by atoms with Crippen LogP contribution >= 0.6 is 0 Å². The van der Waals surface area contributed by atoms with Crippen LogP contribution in [-0.4, -0.2) is 192 Å². The SMILES string of the molecule is C[C@@H](OC(C)(C)C)[C@H](NC(=O)CNC(=O)[C@H](CCC(=O)OC(C)(C)C)NC(=O)C(C)(C)NC(=O)[C@H](Cc1cn(C(c2ccccc2)(c2ccccc2)c2ccccc2)cn1)NC(=O)OC(C)(C)C)C(=O)N[C@@H](Cc1ccccc1)C(=O)N[C@H](C(=O)N[C@@H](COC(C)(C)C)C(=O)N[C@@H](CC(=O)O)C(=O)O)[C@@H](C)OC(C)(C)C. The van der Waals surface area contributed by atoms with Gasteiger partial charge in [-0.25, -0.2) is 14.6 Å². The number of carboxylic acids is 2. The van der Waals surface area contributed by atoms with Gasteiger partial charge in [0.25, 0.3) is 0 Å². The van der Waals surface area contributed by atoms with Gasteiger partial charge in [-0.3, -0.25) is 47.9 Å². The zero-order valence-electron chi connectivity index (χ0n) is 67.1. The van der Waals surface area contributed by atoms with Crippen LogP contribution in [-0.2, 0) is 94.8 Å². The van der Waals surface area contributed by atoms with Gasteiger partial charge in [-0.2, -0.15) is 0 Å². The minimum Gasteiger partial charge on any atom is -0.481 e. The van der Waals surface area contributed by atoms with Crippen molar-refractivity contribution in [3.63, 3.8) is 0 Å². The highest BCUT2D eigenvalue weighted by Gasteiger charge is 2.43. The Morgan fingerprint density at radius 2 is 0.910 bits per heavy atom.